The number of benzene rings is 1. The van der Waals surface area contributed by atoms with Crippen LogP contribution in [0, 0.1) is 28.6 Å². The molecule has 5 N–H and O–H groups in total. The summed E-state index contributed by atoms with van der Waals surface area (Å²) in [7, 11) is 1.45. The number of likely N-dealkylation sites (tertiary alicyclic amines) is 1. The highest BCUT2D eigenvalue weighted by atomic mass is 16.5. The first-order valence-corrected chi connectivity index (χ1v) is 17.6. The Balaban J connectivity index is 1.59. The minimum atomic E-state index is -1.05. The highest BCUT2D eigenvalue weighted by molar-refractivity contribution is 6.38. The molecule has 1 aromatic carbocycles. The molecule has 2 fully saturated rings. The third-order valence-electron chi connectivity index (χ3n) is 10.6. The van der Waals surface area contributed by atoms with Gasteiger partial charge in [0.15, 0.2) is 0 Å². The highest BCUT2D eigenvalue weighted by Crippen LogP contribution is 2.65. The zero-order chi connectivity index (χ0) is 37.0. The van der Waals surface area contributed by atoms with Crippen molar-refractivity contribution in [2.45, 2.75) is 91.4 Å². The number of carbonyl (C=O) groups is 6. The molecule has 0 spiro atoms. The summed E-state index contributed by atoms with van der Waals surface area (Å²) in [5.74, 6) is -2.80. The monoisotopic (exact) mass is 694 g/mol. The molecule has 1 saturated carbocycles. The molecule has 0 aromatic heterocycles. The summed E-state index contributed by atoms with van der Waals surface area (Å²) in [4.78, 5) is 81.5. The number of carbonyl (C=O) groups excluding carboxylic acids is 6. The van der Waals surface area contributed by atoms with Gasteiger partial charge in [0.1, 0.15) is 18.7 Å². The number of nitrogens with zero attached hydrogens (tertiary/aromatic N) is 1. The molecule has 6 amide bonds. The number of ether oxygens (including phenoxy) is 1. The van der Waals surface area contributed by atoms with E-state index in [0.717, 1.165) is 11.1 Å². The predicted molar refractivity (Wildman–Crippen MR) is 188 cm³/mol. The lowest BCUT2D eigenvalue weighted by Crippen LogP contribution is -2.61. The van der Waals surface area contributed by atoms with Crippen molar-refractivity contribution in [3.8, 4) is 0 Å². The third kappa shape index (κ3) is 8.47. The molecule has 13 heteroatoms. The van der Waals surface area contributed by atoms with Crippen LogP contribution in [0.4, 0.5) is 9.59 Å². The van der Waals surface area contributed by atoms with Crippen LogP contribution in [-0.4, -0.2) is 91.4 Å². The first-order valence-electron chi connectivity index (χ1n) is 17.6. The Bertz CT molecular complexity index is 1460. The Hall–Kier alpha value is -4.42. The average molecular weight is 695 g/mol. The number of hydrogen-bond donors (Lipinski definition) is 5. The summed E-state index contributed by atoms with van der Waals surface area (Å²) in [6.45, 7) is 15.6. The number of urea groups is 1. The second kappa shape index (κ2) is 15.6. The molecule has 1 aromatic rings. The van der Waals surface area contributed by atoms with Gasteiger partial charge in [-0.2, -0.15) is 0 Å². The van der Waals surface area contributed by atoms with E-state index in [9.17, 15) is 28.8 Å². The number of amides is 6. The van der Waals surface area contributed by atoms with E-state index in [-0.39, 0.29) is 48.6 Å². The Labute approximate surface area is 295 Å². The lowest BCUT2D eigenvalue weighted by Gasteiger charge is -2.36. The van der Waals surface area contributed by atoms with Crippen molar-refractivity contribution >= 4 is 35.6 Å². The van der Waals surface area contributed by atoms with Crippen LogP contribution in [0.5, 0.6) is 0 Å². The van der Waals surface area contributed by atoms with Crippen LogP contribution in [0.25, 0.3) is 0 Å². The Morgan fingerprint density at radius 2 is 1.68 bits per heavy atom. The number of fused-ring (bicyclic) bond motifs is 2. The summed E-state index contributed by atoms with van der Waals surface area (Å²) in [5, 5.41) is 13.6. The molecule has 0 bridgehead atoms. The predicted octanol–water partition coefficient (Wildman–Crippen LogP) is 2.48. The molecule has 274 valence electrons. The quantitative estimate of drug-likeness (QED) is 0.147. The highest BCUT2D eigenvalue weighted by Gasteiger charge is 2.69. The summed E-state index contributed by atoms with van der Waals surface area (Å²) >= 11 is 0. The zero-order valence-corrected chi connectivity index (χ0v) is 30.4. The van der Waals surface area contributed by atoms with E-state index in [0.29, 0.717) is 25.8 Å². The van der Waals surface area contributed by atoms with Crippen LogP contribution in [0.1, 0.15) is 65.5 Å². The minimum absolute atomic E-state index is 0.0563. The number of ketones is 1. The SMILES string of the molecule is C=CCNC(=O)C(=O)C(CCC)NC(=O)[C@@H]1C2C(CN1C(=O)[C@@H](NC(=O)N[C@H](COC(=O)NC)C(C)(C)C)C1Cc3ccccc3C1)C2(C)C. The lowest BCUT2D eigenvalue weighted by atomic mass is 9.87. The maximum absolute atomic E-state index is 14.7. The van der Waals surface area contributed by atoms with Crippen LogP contribution < -0.4 is 26.6 Å². The Morgan fingerprint density at radius 3 is 2.24 bits per heavy atom. The minimum Gasteiger partial charge on any atom is -0.447 e. The Morgan fingerprint density at radius 1 is 1.04 bits per heavy atom. The second-order valence-corrected chi connectivity index (χ2v) is 15.4. The fraction of sp³-hybridized carbons (Fsp3) is 0.622. The molecule has 1 saturated heterocycles. The van der Waals surface area contributed by atoms with Gasteiger partial charge in [0, 0.05) is 20.1 Å². The van der Waals surface area contributed by atoms with E-state index in [2.05, 4.69) is 47.0 Å². The molecule has 50 heavy (non-hydrogen) atoms. The molecular weight excluding hydrogens is 640 g/mol. The molecule has 1 aliphatic heterocycles. The molecule has 1 heterocycles. The van der Waals surface area contributed by atoms with Crippen molar-refractivity contribution in [2.24, 2.45) is 28.6 Å². The van der Waals surface area contributed by atoms with Crippen molar-refractivity contribution in [2.75, 3.05) is 26.7 Å². The van der Waals surface area contributed by atoms with Gasteiger partial charge in [0.25, 0.3) is 5.91 Å². The first-order chi connectivity index (χ1) is 23.5. The summed E-state index contributed by atoms with van der Waals surface area (Å²) in [5.41, 5.74) is 1.49. The van der Waals surface area contributed by atoms with Gasteiger partial charge in [-0.25, -0.2) is 9.59 Å². The topological polar surface area (TPSA) is 175 Å². The fourth-order valence-electron chi connectivity index (χ4n) is 7.51. The summed E-state index contributed by atoms with van der Waals surface area (Å²) < 4.78 is 5.27. The maximum Gasteiger partial charge on any atom is 0.406 e. The van der Waals surface area contributed by atoms with Crippen molar-refractivity contribution < 1.29 is 33.5 Å². The van der Waals surface area contributed by atoms with E-state index in [1.54, 1.807) is 4.90 Å². The van der Waals surface area contributed by atoms with Gasteiger partial charge in [0.2, 0.25) is 17.6 Å². The van der Waals surface area contributed by atoms with Gasteiger partial charge < -0.3 is 36.2 Å². The summed E-state index contributed by atoms with van der Waals surface area (Å²) in [6.07, 6.45) is 2.76. The number of hydrogen-bond acceptors (Lipinski definition) is 7. The molecule has 3 aliphatic rings. The average Bonchev–Trinajstić information content (AvgIpc) is 3.43. The van der Waals surface area contributed by atoms with Gasteiger partial charge in [-0.1, -0.05) is 78.3 Å². The molecule has 6 atom stereocenters. The zero-order valence-electron chi connectivity index (χ0n) is 30.4. The molecule has 4 rings (SSSR count). The van der Waals surface area contributed by atoms with Gasteiger partial charge in [-0.05, 0) is 59.0 Å². The van der Waals surface area contributed by atoms with E-state index in [4.69, 9.17) is 4.74 Å². The second-order valence-electron chi connectivity index (χ2n) is 15.4. The van der Waals surface area contributed by atoms with E-state index < -0.39 is 59.3 Å². The van der Waals surface area contributed by atoms with Crippen LogP contribution >= 0.6 is 0 Å². The van der Waals surface area contributed by atoms with E-state index in [1.165, 1.54) is 13.1 Å². The van der Waals surface area contributed by atoms with E-state index >= 15 is 0 Å². The molecular formula is C37H54N6O7. The first kappa shape index (κ1) is 38.4. The standard InChI is InChI=1S/C37H54N6O7/c1-9-13-25(30(44)32(46)39-16-10-2)40-31(45)29-27-24(37(27,6)7)19-43(29)33(47)28(23-17-21-14-11-12-15-22(21)18-23)42-34(48)41-26(36(3,4)5)20-50-35(49)38-8/h10-12,14-15,23-29H,2,9,13,16-20H2,1,3-8H3,(H,38,49)(H,39,46)(H,40,45)(H2,41,42,48)/t24?,25?,26-,27?,28+,29+/m1/s1. The number of nitrogens with one attached hydrogen (secondary N) is 5. The van der Waals surface area contributed by atoms with Crippen molar-refractivity contribution in [3.63, 3.8) is 0 Å². The van der Waals surface area contributed by atoms with Gasteiger partial charge in [-0.15, -0.1) is 6.58 Å². The summed E-state index contributed by atoms with van der Waals surface area (Å²) in [6, 6.07) is 3.84. The van der Waals surface area contributed by atoms with Gasteiger partial charge >= 0.3 is 12.1 Å². The van der Waals surface area contributed by atoms with Crippen molar-refractivity contribution in [1.29, 1.82) is 0 Å². The molecule has 13 nitrogen and oxygen atoms in total. The number of rotatable bonds is 14. The van der Waals surface area contributed by atoms with Crippen LogP contribution in [0.2, 0.25) is 0 Å². The smallest absolute Gasteiger partial charge is 0.406 e. The Kier molecular flexibility index (Phi) is 12.0. The number of piperidine rings is 1. The lowest BCUT2D eigenvalue weighted by molar-refractivity contribution is -0.144. The van der Waals surface area contributed by atoms with E-state index in [1.807, 2.05) is 52.0 Å². The fourth-order valence-corrected chi connectivity index (χ4v) is 7.51. The van der Waals surface area contributed by atoms with Crippen LogP contribution in [0.3, 0.4) is 0 Å². The third-order valence-corrected chi connectivity index (χ3v) is 10.6. The molecule has 3 unspecified atom stereocenters. The maximum atomic E-state index is 14.7. The van der Waals surface area contributed by atoms with Crippen LogP contribution in [-0.2, 0) is 36.8 Å². The molecule has 2 aliphatic carbocycles. The van der Waals surface area contributed by atoms with Crippen molar-refractivity contribution in [3.05, 3.63) is 48.0 Å². The number of alkyl carbamates (subject to hydrolysis) is 1. The molecule has 0 radical (unpaired) electrons. The van der Waals surface area contributed by atoms with Gasteiger partial charge in [0.05, 0.1) is 12.1 Å². The number of Topliss-reactive ketones (excluding diaryl/α,β-unsaturated/α-hetero) is 1. The van der Waals surface area contributed by atoms with Crippen LogP contribution in [0.15, 0.2) is 36.9 Å². The van der Waals surface area contributed by atoms with Gasteiger partial charge in [-0.3, -0.25) is 19.2 Å². The normalized spacial score (nSPS) is 22.1. The largest absolute Gasteiger partial charge is 0.447 e. The van der Waals surface area contributed by atoms with Crippen molar-refractivity contribution in [1.82, 2.24) is 31.5 Å².